The van der Waals surface area contributed by atoms with Crippen molar-refractivity contribution in [1.82, 2.24) is 9.88 Å². The van der Waals surface area contributed by atoms with Gasteiger partial charge in [0.25, 0.3) is 0 Å². The Labute approximate surface area is 142 Å². The molecule has 0 bridgehead atoms. The molecule has 1 aliphatic heterocycles. The lowest BCUT2D eigenvalue weighted by Gasteiger charge is -2.16. The molecule has 0 atom stereocenters. The van der Waals surface area contributed by atoms with Crippen LogP contribution in [0, 0.1) is 0 Å². The summed E-state index contributed by atoms with van der Waals surface area (Å²) in [6.45, 7) is 1.93. The Hall–Kier alpha value is -2.69. The molecule has 24 heavy (non-hydrogen) atoms. The standard InChI is InChI=1S/C19H21N3O2/c23-19-9-5-12-22(19)13-10-18(17-8-4-11-20-14-17)21-24-15-16-6-2-1-3-7-16/h1-4,6-8,11,14H,5,9-10,12-13,15H2. The fraction of sp³-hybridized carbons (Fsp3) is 0.316. The van der Waals surface area contributed by atoms with E-state index in [-0.39, 0.29) is 5.91 Å². The molecule has 0 spiro atoms. The molecule has 0 aliphatic carbocycles. The molecule has 1 aromatic heterocycles. The van der Waals surface area contributed by atoms with Gasteiger partial charge in [-0.1, -0.05) is 35.5 Å². The third-order valence-corrected chi connectivity index (χ3v) is 4.03. The highest BCUT2D eigenvalue weighted by molar-refractivity contribution is 6.00. The van der Waals surface area contributed by atoms with Gasteiger partial charge in [0, 0.05) is 43.9 Å². The molecule has 1 aliphatic rings. The summed E-state index contributed by atoms with van der Waals surface area (Å²) in [4.78, 5) is 23.3. The number of rotatable bonds is 7. The minimum Gasteiger partial charge on any atom is -0.391 e. The fourth-order valence-electron chi connectivity index (χ4n) is 2.72. The van der Waals surface area contributed by atoms with Crippen LogP contribution in [0.5, 0.6) is 0 Å². The number of hydrogen-bond acceptors (Lipinski definition) is 4. The minimum atomic E-state index is 0.228. The second kappa shape index (κ2) is 8.24. The summed E-state index contributed by atoms with van der Waals surface area (Å²) in [6, 6.07) is 13.8. The molecule has 124 valence electrons. The predicted octanol–water partition coefficient (Wildman–Crippen LogP) is 3.02. The van der Waals surface area contributed by atoms with E-state index in [1.54, 1.807) is 12.4 Å². The molecular weight excluding hydrogens is 302 g/mol. The van der Waals surface area contributed by atoms with Gasteiger partial charge < -0.3 is 9.74 Å². The highest BCUT2D eigenvalue weighted by Crippen LogP contribution is 2.12. The number of carbonyl (C=O) groups is 1. The molecule has 3 rings (SSSR count). The number of aromatic nitrogens is 1. The number of carbonyl (C=O) groups excluding carboxylic acids is 1. The SMILES string of the molecule is O=C1CCCN1CCC(=NOCc1ccccc1)c1cccnc1. The van der Waals surface area contributed by atoms with E-state index < -0.39 is 0 Å². The van der Waals surface area contributed by atoms with Gasteiger partial charge in [0.15, 0.2) is 0 Å². The summed E-state index contributed by atoms with van der Waals surface area (Å²) >= 11 is 0. The third-order valence-electron chi connectivity index (χ3n) is 4.03. The van der Waals surface area contributed by atoms with Crippen LogP contribution in [0.15, 0.2) is 60.0 Å². The molecule has 5 nitrogen and oxygen atoms in total. The van der Waals surface area contributed by atoms with E-state index >= 15 is 0 Å². The van der Waals surface area contributed by atoms with Crippen molar-refractivity contribution in [3.8, 4) is 0 Å². The van der Waals surface area contributed by atoms with Crippen molar-refractivity contribution in [1.29, 1.82) is 0 Å². The van der Waals surface area contributed by atoms with Crippen LogP contribution in [0.4, 0.5) is 0 Å². The third kappa shape index (κ3) is 4.41. The highest BCUT2D eigenvalue weighted by atomic mass is 16.6. The van der Waals surface area contributed by atoms with Crippen LogP contribution in [-0.4, -0.2) is 34.6 Å². The second-order valence-corrected chi connectivity index (χ2v) is 5.77. The predicted molar refractivity (Wildman–Crippen MR) is 92.4 cm³/mol. The number of oxime groups is 1. The number of pyridine rings is 1. The fourth-order valence-corrected chi connectivity index (χ4v) is 2.72. The summed E-state index contributed by atoms with van der Waals surface area (Å²) in [6.07, 6.45) is 5.77. The molecule has 0 saturated carbocycles. The van der Waals surface area contributed by atoms with Crippen LogP contribution < -0.4 is 0 Å². The number of hydrogen-bond donors (Lipinski definition) is 0. The van der Waals surface area contributed by atoms with Crippen molar-refractivity contribution in [3.63, 3.8) is 0 Å². The van der Waals surface area contributed by atoms with E-state index in [9.17, 15) is 4.79 Å². The maximum atomic E-state index is 11.8. The quantitative estimate of drug-likeness (QED) is 0.581. The lowest BCUT2D eigenvalue weighted by Crippen LogP contribution is -2.27. The number of nitrogens with zero attached hydrogens (tertiary/aromatic N) is 3. The Bertz CT molecular complexity index is 686. The molecule has 1 amide bonds. The molecule has 1 fully saturated rings. The normalized spacial score (nSPS) is 14.9. The minimum absolute atomic E-state index is 0.228. The number of amides is 1. The zero-order valence-electron chi connectivity index (χ0n) is 13.6. The number of likely N-dealkylation sites (tertiary alicyclic amines) is 1. The van der Waals surface area contributed by atoms with Crippen molar-refractivity contribution >= 4 is 11.6 Å². The van der Waals surface area contributed by atoms with Crippen LogP contribution in [0.1, 0.15) is 30.4 Å². The van der Waals surface area contributed by atoms with E-state index in [0.29, 0.717) is 26.0 Å². The monoisotopic (exact) mass is 323 g/mol. The van der Waals surface area contributed by atoms with Crippen molar-refractivity contribution in [2.45, 2.75) is 25.9 Å². The zero-order valence-corrected chi connectivity index (χ0v) is 13.6. The van der Waals surface area contributed by atoms with Crippen LogP contribution in [0.3, 0.4) is 0 Å². The van der Waals surface area contributed by atoms with Crippen LogP contribution in [0.2, 0.25) is 0 Å². The second-order valence-electron chi connectivity index (χ2n) is 5.77. The van der Waals surface area contributed by atoms with Gasteiger partial charge in [0.05, 0.1) is 5.71 Å². The smallest absolute Gasteiger partial charge is 0.222 e. The Kier molecular flexibility index (Phi) is 5.56. The van der Waals surface area contributed by atoms with Gasteiger partial charge in [-0.3, -0.25) is 9.78 Å². The molecule has 2 aromatic rings. The maximum Gasteiger partial charge on any atom is 0.222 e. The van der Waals surface area contributed by atoms with Crippen LogP contribution in [-0.2, 0) is 16.2 Å². The van der Waals surface area contributed by atoms with Crippen molar-refractivity contribution in [2.24, 2.45) is 5.16 Å². The van der Waals surface area contributed by atoms with E-state index in [4.69, 9.17) is 4.84 Å². The van der Waals surface area contributed by atoms with Gasteiger partial charge in [-0.05, 0) is 24.1 Å². The Morgan fingerprint density at radius 1 is 1.21 bits per heavy atom. The molecule has 0 radical (unpaired) electrons. The molecule has 1 saturated heterocycles. The van der Waals surface area contributed by atoms with E-state index in [1.165, 1.54) is 0 Å². The van der Waals surface area contributed by atoms with Gasteiger partial charge >= 0.3 is 0 Å². The Morgan fingerprint density at radius 2 is 2.08 bits per heavy atom. The lowest BCUT2D eigenvalue weighted by molar-refractivity contribution is -0.127. The van der Waals surface area contributed by atoms with Gasteiger partial charge in [-0.2, -0.15) is 0 Å². The van der Waals surface area contributed by atoms with E-state index in [2.05, 4.69) is 10.1 Å². The Morgan fingerprint density at radius 3 is 2.79 bits per heavy atom. The molecule has 0 N–H and O–H groups in total. The van der Waals surface area contributed by atoms with Gasteiger partial charge in [0.2, 0.25) is 5.91 Å². The summed E-state index contributed by atoms with van der Waals surface area (Å²) in [7, 11) is 0. The van der Waals surface area contributed by atoms with Crippen molar-refractivity contribution in [2.75, 3.05) is 13.1 Å². The van der Waals surface area contributed by atoms with E-state index in [1.807, 2.05) is 47.4 Å². The van der Waals surface area contributed by atoms with Crippen LogP contribution in [0.25, 0.3) is 0 Å². The summed E-state index contributed by atoms with van der Waals surface area (Å²) in [5.41, 5.74) is 2.82. The lowest BCUT2D eigenvalue weighted by atomic mass is 10.1. The average molecular weight is 323 g/mol. The zero-order chi connectivity index (χ0) is 16.6. The van der Waals surface area contributed by atoms with Gasteiger partial charge in [-0.15, -0.1) is 0 Å². The molecule has 1 aromatic carbocycles. The van der Waals surface area contributed by atoms with Crippen molar-refractivity contribution < 1.29 is 9.63 Å². The Balaban J connectivity index is 1.65. The molecule has 5 heteroatoms. The summed E-state index contributed by atoms with van der Waals surface area (Å²) < 4.78 is 0. The largest absolute Gasteiger partial charge is 0.391 e. The van der Waals surface area contributed by atoms with Gasteiger partial charge in [0.1, 0.15) is 6.61 Å². The molecular formula is C19H21N3O2. The maximum absolute atomic E-state index is 11.8. The average Bonchev–Trinajstić information content (AvgIpc) is 3.04. The van der Waals surface area contributed by atoms with Crippen LogP contribution >= 0.6 is 0 Å². The topological polar surface area (TPSA) is 54.8 Å². The summed E-state index contributed by atoms with van der Waals surface area (Å²) in [5, 5.41) is 4.31. The first-order chi connectivity index (χ1) is 11.8. The molecule has 2 heterocycles. The summed E-state index contributed by atoms with van der Waals surface area (Å²) in [5.74, 6) is 0.228. The van der Waals surface area contributed by atoms with Gasteiger partial charge in [-0.25, -0.2) is 0 Å². The number of benzene rings is 1. The first kappa shape index (κ1) is 16.2. The van der Waals surface area contributed by atoms with Crippen molar-refractivity contribution in [3.05, 3.63) is 66.0 Å². The highest BCUT2D eigenvalue weighted by Gasteiger charge is 2.20. The first-order valence-corrected chi connectivity index (χ1v) is 8.24. The molecule has 0 unspecified atom stereocenters. The first-order valence-electron chi connectivity index (χ1n) is 8.24. The van der Waals surface area contributed by atoms with E-state index in [0.717, 1.165) is 29.8 Å².